The predicted octanol–water partition coefficient (Wildman–Crippen LogP) is 0.570. The minimum Gasteiger partial charge on any atom is -0.302 e. The van der Waals surface area contributed by atoms with Crippen LogP contribution in [-0.2, 0) is 9.59 Å². The van der Waals surface area contributed by atoms with Crippen molar-refractivity contribution in [2.45, 2.75) is 27.2 Å². The molecule has 1 saturated heterocycles. The molecular weight excluding hydrogens is 200 g/mol. The van der Waals surface area contributed by atoms with Crippen molar-refractivity contribution in [3.63, 3.8) is 0 Å². The lowest BCUT2D eigenvalue weighted by atomic mass is 9.72. The predicted molar refractivity (Wildman–Crippen MR) is 56.4 cm³/mol. The molecule has 78 valence electrons. The van der Waals surface area contributed by atoms with Crippen molar-refractivity contribution < 1.29 is 9.59 Å². The summed E-state index contributed by atoms with van der Waals surface area (Å²) < 4.78 is 0. The first-order chi connectivity index (χ1) is 6.45. The average molecular weight is 214 g/mol. The molecule has 1 fully saturated rings. The van der Waals surface area contributed by atoms with E-state index in [1.807, 2.05) is 20.8 Å². The van der Waals surface area contributed by atoms with Crippen molar-refractivity contribution in [3.8, 4) is 0 Å². The lowest BCUT2D eigenvalue weighted by Crippen LogP contribution is -2.63. The van der Waals surface area contributed by atoms with E-state index in [4.69, 9.17) is 12.2 Å². The molecule has 0 aromatic rings. The number of carbonyl (C=O) groups is 2. The Kier molecular flexibility index (Phi) is 2.89. The zero-order chi connectivity index (χ0) is 10.9. The van der Waals surface area contributed by atoms with Crippen molar-refractivity contribution in [1.82, 2.24) is 10.6 Å². The van der Waals surface area contributed by atoms with Crippen LogP contribution in [0, 0.1) is 11.3 Å². The minimum absolute atomic E-state index is 0.0457. The molecule has 14 heavy (non-hydrogen) atoms. The van der Waals surface area contributed by atoms with Crippen LogP contribution in [0.15, 0.2) is 0 Å². The summed E-state index contributed by atoms with van der Waals surface area (Å²) in [6.07, 6.45) is 0.477. The van der Waals surface area contributed by atoms with Crippen LogP contribution < -0.4 is 10.6 Å². The molecule has 2 N–H and O–H groups in total. The van der Waals surface area contributed by atoms with Crippen LogP contribution in [0.2, 0.25) is 0 Å². The molecule has 0 aromatic carbocycles. The number of rotatable bonds is 2. The Morgan fingerprint density at radius 3 is 2.00 bits per heavy atom. The molecule has 1 aliphatic rings. The van der Waals surface area contributed by atoms with Crippen molar-refractivity contribution in [1.29, 1.82) is 0 Å². The summed E-state index contributed by atoms with van der Waals surface area (Å²) in [5.41, 5.74) is -0.970. The first-order valence-electron chi connectivity index (χ1n) is 4.62. The molecule has 5 heteroatoms. The van der Waals surface area contributed by atoms with E-state index in [9.17, 15) is 9.59 Å². The van der Waals surface area contributed by atoms with Gasteiger partial charge in [0.1, 0.15) is 5.41 Å². The van der Waals surface area contributed by atoms with Gasteiger partial charge in [0, 0.05) is 0 Å². The molecule has 1 aliphatic heterocycles. The Labute approximate surface area is 88.4 Å². The summed E-state index contributed by atoms with van der Waals surface area (Å²) in [5, 5.41) is 5.09. The van der Waals surface area contributed by atoms with Crippen LogP contribution in [0.3, 0.4) is 0 Å². The maximum Gasteiger partial charge on any atom is 0.242 e. The highest BCUT2D eigenvalue weighted by Crippen LogP contribution is 2.33. The van der Waals surface area contributed by atoms with Crippen molar-refractivity contribution in [2.24, 2.45) is 11.3 Å². The zero-order valence-corrected chi connectivity index (χ0v) is 9.33. The van der Waals surface area contributed by atoms with Gasteiger partial charge in [0.2, 0.25) is 11.8 Å². The highest BCUT2D eigenvalue weighted by molar-refractivity contribution is 7.80. The van der Waals surface area contributed by atoms with Crippen molar-refractivity contribution in [3.05, 3.63) is 0 Å². The Balaban J connectivity index is 3.11. The van der Waals surface area contributed by atoms with Crippen LogP contribution in [0.4, 0.5) is 0 Å². The largest absolute Gasteiger partial charge is 0.302 e. The molecule has 0 aliphatic carbocycles. The number of hydrogen-bond acceptors (Lipinski definition) is 3. The van der Waals surface area contributed by atoms with Crippen LogP contribution in [-0.4, -0.2) is 16.9 Å². The average Bonchev–Trinajstić information content (AvgIpc) is 2.03. The molecular formula is C9H14N2O2S. The fourth-order valence-corrected chi connectivity index (χ4v) is 2.00. The molecule has 0 atom stereocenters. The summed E-state index contributed by atoms with van der Waals surface area (Å²) in [6.45, 7) is 5.54. The van der Waals surface area contributed by atoms with Crippen molar-refractivity contribution >= 4 is 29.1 Å². The minimum atomic E-state index is -0.970. The highest BCUT2D eigenvalue weighted by atomic mass is 32.1. The van der Waals surface area contributed by atoms with Gasteiger partial charge in [-0.2, -0.15) is 0 Å². The van der Waals surface area contributed by atoms with E-state index >= 15 is 0 Å². The lowest BCUT2D eigenvalue weighted by molar-refractivity contribution is -0.147. The molecule has 0 aromatic heterocycles. The molecule has 1 rings (SSSR count). The number of amides is 2. The molecule has 0 bridgehead atoms. The van der Waals surface area contributed by atoms with E-state index in [0.717, 1.165) is 0 Å². The van der Waals surface area contributed by atoms with Gasteiger partial charge >= 0.3 is 0 Å². The maximum atomic E-state index is 11.8. The summed E-state index contributed by atoms with van der Waals surface area (Å²) >= 11 is 4.73. The third-order valence-corrected chi connectivity index (χ3v) is 3.01. The number of thiocarbonyl (C=S) groups is 1. The third kappa shape index (κ3) is 1.41. The first-order valence-corrected chi connectivity index (χ1v) is 5.02. The summed E-state index contributed by atoms with van der Waals surface area (Å²) in [4.78, 5) is 23.5. The second-order valence-electron chi connectivity index (χ2n) is 3.72. The van der Waals surface area contributed by atoms with Gasteiger partial charge in [-0.25, -0.2) is 0 Å². The van der Waals surface area contributed by atoms with E-state index in [1.165, 1.54) is 0 Å². The Morgan fingerprint density at radius 1 is 1.29 bits per heavy atom. The molecule has 0 unspecified atom stereocenters. The standard InChI is InChI=1S/C9H14N2O2S/c1-4-9(5(2)3)6(12)10-8(14)11-7(9)13/h5H,4H2,1-3H3,(H2,10,11,12,13,14). The number of nitrogens with one attached hydrogen (secondary N) is 2. The van der Waals surface area contributed by atoms with E-state index in [2.05, 4.69) is 10.6 Å². The summed E-state index contributed by atoms with van der Waals surface area (Å²) in [6, 6.07) is 0. The number of hydrogen-bond donors (Lipinski definition) is 2. The summed E-state index contributed by atoms with van der Waals surface area (Å²) in [7, 11) is 0. The molecule has 0 saturated carbocycles. The smallest absolute Gasteiger partial charge is 0.242 e. The van der Waals surface area contributed by atoms with E-state index in [-0.39, 0.29) is 22.8 Å². The lowest BCUT2D eigenvalue weighted by Gasteiger charge is -2.37. The normalized spacial score (nSPS) is 20.7. The van der Waals surface area contributed by atoms with Gasteiger partial charge in [-0.3, -0.25) is 9.59 Å². The molecule has 1 heterocycles. The third-order valence-electron chi connectivity index (χ3n) is 2.81. The van der Waals surface area contributed by atoms with Gasteiger partial charge in [0.05, 0.1) is 0 Å². The zero-order valence-electron chi connectivity index (χ0n) is 8.51. The second kappa shape index (κ2) is 3.65. The Morgan fingerprint density at radius 2 is 1.71 bits per heavy atom. The molecule has 4 nitrogen and oxygen atoms in total. The maximum absolute atomic E-state index is 11.8. The molecule has 0 spiro atoms. The van der Waals surface area contributed by atoms with Gasteiger partial charge in [-0.05, 0) is 24.6 Å². The topological polar surface area (TPSA) is 58.2 Å². The van der Waals surface area contributed by atoms with Crippen LogP contribution in [0.1, 0.15) is 27.2 Å². The van der Waals surface area contributed by atoms with E-state index < -0.39 is 5.41 Å². The Bertz CT molecular complexity index is 279. The van der Waals surface area contributed by atoms with Crippen molar-refractivity contribution in [2.75, 3.05) is 0 Å². The van der Waals surface area contributed by atoms with Gasteiger partial charge < -0.3 is 10.6 Å². The fraction of sp³-hybridized carbons (Fsp3) is 0.667. The molecule has 2 amide bonds. The first kappa shape index (κ1) is 11.1. The Hall–Kier alpha value is -0.970. The SMILES string of the molecule is CCC1(C(C)C)C(=O)NC(=S)NC1=O. The molecule has 0 radical (unpaired) electrons. The van der Waals surface area contributed by atoms with E-state index in [1.54, 1.807) is 0 Å². The van der Waals surface area contributed by atoms with Gasteiger partial charge in [-0.1, -0.05) is 20.8 Å². The van der Waals surface area contributed by atoms with Gasteiger partial charge in [0.25, 0.3) is 0 Å². The van der Waals surface area contributed by atoms with E-state index in [0.29, 0.717) is 6.42 Å². The highest BCUT2D eigenvalue weighted by Gasteiger charge is 2.50. The quantitative estimate of drug-likeness (QED) is 0.522. The fourth-order valence-electron chi connectivity index (χ4n) is 1.82. The van der Waals surface area contributed by atoms with Gasteiger partial charge in [0.15, 0.2) is 5.11 Å². The number of carbonyl (C=O) groups excluding carboxylic acids is 2. The monoisotopic (exact) mass is 214 g/mol. The van der Waals surface area contributed by atoms with Gasteiger partial charge in [-0.15, -0.1) is 0 Å². The second-order valence-corrected chi connectivity index (χ2v) is 4.13. The summed E-state index contributed by atoms with van der Waals surface area (Å²) in [5.74, 6) is -0.622. The van der Waals surface area contributed by atoms with Crippen LogP contribution in [0.25, 0.3) is 0 Å². The van der Waals surface area contributed by atoms with Crippen LogP contribution >= 0.6 is 12.2 Å². The van der Waals surface area contributed by atoms with Crippen LogP contribution in [0.5, 0.6) is 0 Å².